The first-order valence-corrected chi connectivity index (χ1v) is 10.4. The van der Waals surface area contributed by atoms with Crippen LogP contribution in [0.25, 0.3) is 22.0 Å². The molecule has 4 rings (SSSR count). The second kappa shape index (κ2) is 7.50. The smallest absolute Gasteiger partial charge is 0.180 e. The van der Waals surface area contributed by atoms with E-state index in [4.69, 9.17) is 28.3 Å². The quantitative estimate of drug-likeness (QED) is 0.479. The van der Waals surface area contributed by atoms with E-state index in [0.717, 1.165) is 27.7 Å². The zero-order chi connectivity index (χ0) is 19.0. The normalized spacial score (nSPS) is 11.4. The molecule has 0 bridgehead atoms. The Morgan fingerprint density at radius 1 is 1.07 bits per heavy atom. The van der Waals surface area contributed by atoms with Crippen molar-refractivity contribution in [2.24, 2.45) is 7.05 Å². The number of aromatic nitrogens is 6. The van der Waals surface area contributed by atoms with E-state index in [1.54, 1.807) is 22.6 Å². The fraction of sp³-hybridized carbons (Fsp3) is 0.222. The molecule has 138 valence electrons. The number of halogens is 2. The van der Waals surface area contributed by atoms with E-state index < -0.39 is 0 Å². The molecule has 0 amide bonds. The van der Waals surface area contributed by atoms with Gasteiger partial charge in [0.15, 0.2) is 5.82 Å². The number of hydrogen-bond donors (Lipinski definition) is 0. The minimum absolute atomic E-state index is 0.555. The Morgan fingerprint density at radius 3 is 2.70 bits per heavy atom. The maximum absolute atomic E-state index is 6.42. The highest BCUT2D eigenvalue weighted by atomic mass is 35.5. The number of fused-ring (bicyclic) bond motifs is 1. The summed E-state index contributed by atoms with van der Waals surface area (Å²) in [5, 5.41) is 19.6. The first-order valence-electron chi connectivity index (χ1n) is 8.22. The van der Waals surface area contributed by atoms with Gasteiger partial charge in [0.2, 0.25) is 0 Å². The lowest BCUT2D eigenvalue weighted by atomic mass is 10.0. The summed E-state index contributed by atoms with van der Waals surface area (Å²) in [7, 11) is 1.93. The van der Waals surface area contributed by atoms with E-state index in [2.05, 4.69) is 21.5 Å². The van der Waals surface area contributed by atoms with Crippen molar-refractivity contribution in [1.29, 1.82) is 0 Å². The van der Waals surface area contributed by atoms with Crippen LogP contribution in [-0.4, -0.2) is 36.2 Å². The van der Waals surface area contributed by atoms with Gasteiger partial charge >= 0.3 is 0 Å². The van der Waals surface area contributed by atoms with Crippen LogP contribution >= 0.6 is 35.0 Å². The van der Waals surface area contributed by atoms with Gasteiger partial charge in [0.25, 0.3) is 0 Å². The predicted molar refractivity (Wildman–Crippen MR) is 110 cm³/mol. The SMILES string of the molecule is CSCn1nnc(Cc2c3cccc(-c4ccc(Cl)cc4Cl)c3nn2C)n1. The van der Waals surface area contributed by atoms with E-state index in [1.807, 2.05) is 42.3 Å². The molecule has 0 saturated heterocycles. The van der Waals surface area contributed by atoms with Crippen LogP contribution in [0.4, 0.5) is 0 Å². The van der Waals surface area contributed by atoms with Crippen LogP contribution in [-0.2, 0) is 19.3 Å². The number of rotatable bonds is 5. The molecule has 0 spiro atoms. The summed E-state index contributed by atoms with van der Waals surface area (Å²) < 4.78 is 1.87. The molecule has 0 aliphatic carbocycles. The summed E-state index contributed by atoms with van der Waals surface area (Å²) in [4.78, 5) is 1.59. The fourth-order valence-corrected chi connectivity index (χ4v) is 3.92. The van der Waals surface area contributed by atoms with Crippen LogP contribution in [0.3, 0.4) is 0 Å². The molecule has 0 aliphatic heterocycles. The molecular formula is C18H16Cl2N6S. The van der Waals surface area contributed by atoms with Gasteiger partial charge in [0.05, 0.1) is 12.1 Å². The third-order valence-corrected chi connectivity index (χ3v) is 5.31. The molecule has 2 aromatic heterocycles. The zero-order valence-corrected chi connectivity index (χ0v) is 17.1. The van der Waals surface area contributed by atoms with Gasteiger partial charge in [-0.05, 0) is 23.6 Å². The number of hydrogen-bond acceptors (Lipinski definition) is 5. The van der Waals surface area contributed by atoms with Crippen molar-refractivity contribution < 1.29 is 0 Å². The fourth-order valence-electron chi connectivity index (χ4n) is 3.07. The summed E-state index contributed by atoms with van der Waals surface area (Å²) in [6.07, 6.45) is 2.56. The topological polar surface area (TPSA) is 61.4 Å². The van der Waals surface area contributed by atoms with Gasteiger partial charge in [-0.25, -0.2) is 0 Å². The highest BCUT2D eigenvalue weighted by molar-refractivity contribution is 7.97. The van der Waals surface area contributed by atoms with Gasteiger partial charge in [0, 0.05) is 33.6 Å². The summed E-state index contributed by atoms with van der Waals surface area (Å²) >= 11 is 14.1. The molecule has 0 fully saturated rings. The molecule has 2 aromatic carbocycles. The van der Waals surface area contributed by atoms with Crippen molar-refractivity contribution in [2.75, 3.05) is 6.26 Å². The van der Waals surface area contributed by atoms with Crippen LogP contribution in [0.2, 0.25) is 10.0 Å². The van der Waals surface area contributed by atoms with Crippen molar-refractivity contribution in [3.05, 3.63) is 58.0 Å². The molecule has 4 aromatic rings. The lowest BCUT2D eigenvalue weighted by Crippen LogP contribution is -2.02. The average molecular weight is 419 g/mol. The monoisotopic (exact) mass is 418 g/mol. The molecule has 0 unspecified atom stereocenters. The van der Waals surface area contributed by atoms with Crippen LogP contribution in [0, 0.1) is 0 Å². The molecule has 0 radical (unpaired) electrons. The van der Waals surface area contributed by atoms with Gasteiger partial charge in [-0.15, -0.1) is 22.0 Å². The van der Waals surface area contributed by atoms with Crippen LogP contribution in [0.15, 0.2) is 36.4 Å². The Hall–Kier alpha value is -2.09. The summed E-state index contributed by atoms with van der Waals surface area (Å²) in [6, 6.07) is 11.6. The Kier molecular flexibility index (Phi) is 5.08. The third kappa shape index (κ3) is 3.54. The van der Waals surface area contributed by atoms with Crippen LogP contribution in [0.5, 0.6) is 0 Å². The maximum Gasteiger partial charge on any atom is 0.180 e. The van der Waals surface area contributed by atoms with E-state index in [-0.39, 0.29) is 0 Å². The third-order valence-electron chi connectivity index (χ3n) is 4.27. The molecule has 6 nitrogen and oxygen atoms in total. The number of benzene rings is 2. The zero-order valence-electron chi connectivity index (χ0n) is 14.7. The first kappa shape index (κ1) is 18.3. The lowest BCUT2D eigenvalue weighted by molar-refractivity contribution is 0.616. The molecule has 27 heavy (non-hydrogen) atoms. The largest absolute Gasteiger partial charge is 0.271 e. The summed E-state index contributed by atoms with van der Waals surface area (Å²) in [6.45, 7) is 0. The van der Waals surface area contributed by atoms with Crippen LogP contribution < -0.4 is 0 Å². The lowest BCUT2D eigenvalue weighted by Gasteiger charge is -2.06. The number of nitrogens with zero attached hydrogens (tertiary/aromatic N) is 6. The Balaban J connectivity index is 1.78. The van der Waals surface area contributed by atoms with Gasteiger partial charge in [-0.3, -0.25) is 4.68 Å². The van der Waals surface area contributed by atoms with Gasteiger partial charge in [0.1, 0.15) is 11.4 Å². The first-order chi connectivity index (χ1) is 13.1. The Bertz CT molecular complexity index is 1120. The minimum Gasteiger partial charge on any atom is -0.271 e. The van der Waals surface area contributed by atoms with Crippen molar-refractivity contribution >= 4 is 45.9 Å². The van der Waals surface area contributed by atoms with Gasteiger partial charge < -0.3 is 0 Å². The standard InChI is InChI=1S/C18H16Cl2N6S/c1-25-16(9-17-21-24-26(22-17)10-27-2)14-5-3-4-13(18(14)23-25)12-7-6-11(19)8-15(12)20/h3-8H,9-10H2,1-2H3. The minimum atomic E-state index is 0.555. The van der Waals surface area contributed by atoms with Crippen molar-refractivity contribution in [3.8, 4) is 11.1 Å². The molecule has 0 saturated carbocycles. The van der Waals surface area contributed by atoms with Gasteiger partial charge in [-0.1, -0.05) is 47.5 Å². The Labute approximate surface area is 170 Å². The Morgan fingerprint density at radius 2 is 1.93 bits per heavy atom. The van der Waals surface area contributed by atoms with E-state index in [1.165, 1.54) is 0 Å². The van der Waals surface area contributed by atoms with E-state index in [9.17, 15) is 0 Å². The maximum atomic E-state index is 6.42. The molecule has 0 N–H and O–H groups in total. The van der Waals surface area contributed by atoms with Crippen molar-refractivity contribution in [3.63, 3.8) is 0 Å². The predicted octanol–water partition coefficient (Wildman–Crippen LogP) is 4.44. The second-order valence-corrected chi connectivity index (χ2v) is 7.75. The average Bonchev–Trinajstić information content (AvgIpc) is 3.20. The number of tetrazole rings is 1. The van der Waals surface area contributed by atoms with Crippen molar-refractivity contribution in [1.82, 2.24) is 30.0 Å². The summed E-state index contributed by atoms with van der Waals surface area (Å²) in [5.41, 5.74) is 3.78. The molecular weight excluding hydrogens is 403 g/mol. The van der Waals surface area contributed by atoms with Crippen molar-refractivity contribution in [2.45, 2.75) is 12.3 Å². The number of thioether (sulfide) groups is 1. The molecule has 9 heteroatoms. The van der Waals surface area contributed by atoms with E-state index >= 15 is 0 Å². The highest BCUT2D eigenvalue weighted by Gasteiger charge is 2.17. The van der Waals surface area contributed by atoms with Gasteiger partial charge in [-0.2, -0.15) is 9.90 Å². The van der Waals surface area contributed by atoms with Crippen LogP contribution in [0.1, 0.15) is 11.5 Å². The highest BCUT2D eigenvalue weighted by Crippen LogP contribution is 2.35. The van der Waals surface area contributed by atoms with E-state index in [0.29, 0.717) is 28.2 Å². The number of aryl methyl sites for hydroxylation is 1. The second-order valence-electron chi connectivity index (χ2n) is 6.07. The summed E-state index contributed by atoms with van der Waals surface area (Å²) in [5.74, 6) is 1.35. The molecule has 0 aliphatic rings. The molecule has 0 atom stereocenters. The molecule has 2 heterocycles.